The van der Waals surface area contributed by atoms with Gasteiger partial charge in [0.15, 0.2) is 0 Å². The molecule has 0 aromatic rings. The highest BCUT2D eigenvalue weighted by atomic mass is 16.1. The van der Waals surface area contributed by atoms with E-state index in [0.717, 1.165) is 51.6 Å². The highest BCUT2D eigenvalue weighted by Crippen LogP contribution is 2.36. The van der Waals surface area contributed by atoms with Crippen molar-refractivity contribution in [3.63, 3.8) is 0 Å². The molecule has 94 valence electrons. The van der Waals surface area contributed by atoms with Gasteiger partial charge in [-0.2, -0.15) is 0 Å². The third-order valence-electron chi connectivity index (χ3n) is 4.46. The Morgan fingerprint density at radius 2 is 1.75 bits per heavy atom. The molecule has 0 aliphatic carbocycles. The van der Waals surface area contributed by atoms with Crippen molar-refractivity contribution < 1.29 is 4.79 Å². The van der Waals surface area contributed by atoms with E-state index in [2.05, 4.69) is 26.1 Å². The first kappa shape index (κ1) is 13.7. The number of ketones is 1. The van der Waals surface area contributed by atoms with E-state index in [0.29, 0.717) is 11.7 Å². The van der Waals surface area contributed by atoms with Crippen molar-refractivity contribution in [3.8, 4) is 0 Å². The van der Waals surface area contributed by atoms with Gasteiger partial charge in [-0.05, 0) is 38.3 Å². The second kappa shape index (κ2) is 6.39. The highest BCUT2D eigenvalue weighted by molar-refractivity contribution is 5.85. The summed E-state index contributed by atoms with van der Waals surface area (Å²) >= 11 is 0. The first-order chi connectivity index (χ1) is 7.68. The summed E-state index contributed by atoms with van der Waals surface area (Å²) in [5.41, 5.74) is 0.00778. The summed E-state index contributed by atoms with van der Waals surface area (Å²) in [5.74, 6) is 1.14. The number of piperidine rings is 1. The fourth-order valence-corrected chi connectivity index (χ4v) is 2.79. The Hall–Kier alpha value is -0.370. The zero-order chi connectivity index (χ0) is 12.0. The third kappa shape index (κ3) is 3.07. The Bertz CT molecular complexity index is 215. The molecular weight excluding hydrogens is 198 g/mol. The van der Waals surface area contributed by atoms with E-state index in [-0.39, 0.29) is 5.41 Å². The van der Waals surface area contributed by atoms with Gasteiger partial charge >= 0.3 is 0 Å². The summed E-state index contributed by atoms with van der Waals surface area (Å²) in [6.07, 6.45) is 6.19. The highest BCUT2D eigenvalue weighted by Gasteiger charge is 2.37. The van der Waals surface area contributed by atoms with Gasteiger partial charge in [-0.15, -0.1) is 0 Å². The van der Waals surface area contributed by atoms with Crippen LogP contribution >= 0.6 is 0 Å². The Balaban J connectivity index is 2.61. The summed E-state index contributed by atoms with van der Waals surface area (Å²) in [6, 6.07) is 0. The molecular formula is C14H27NO. The minimum Gasteiger partial charge on any atom is -0.317 e. The first-order valence-corrected chi connectivity index (χ1v) is 6.92. The van der Waals surface area contributed by atoms with Crippen molar-refractivity contribution in [1.29, 1.82) is 0 Å². The van der Waals surface area contributed by atoms with Gasteiger partial charge in [-0.3, -0.25) is 4.79 Å². The number of carbonyl (C=O) groups excluding carboxylic acids is 1. The number of rotatable bonds is 6. The van der Waals surface area contributed by atoms with Gasteiger partial charge in [-0.1, -0.05) is 33.6 Å². The molecule has 0 radical (unpaired) electrons. The summed E-state index contributed by atoms with van der Waals surface area (Å²) in [5, 5.41) is 3.36. The van der Waals surface area contributed by atoms with Crippen molar-refractivity contribution in [2.75, 3.05) is 13.1 Å². The minimum atomic E-state index is 0.00778. The van der Waals surface area contributed by atoms with Crippen LogP contribution in [0.1, 0.15) is 59.3 Å². The average molecular weight is 225 g/mol. The molecule has 0 bridgehead atoms. The molecule has 0 spiro atoms. The van der Waals surface area contributed by atoms with Gasteiger partial charge in [0, 0.05) is 11.8 Å². The van der Waals surface area contributed by atoms with Gasteiger partial charge in [0.1, 0.15) is 5.78 Å². The van der Waals surface area contributed by atoms with Crippen LogP contribution in [0.2, 0.25) is 0 Å². The number of Topliss-reactive ketones (excluding diaryl/α,β-unsaturated/α-hetero) is 1. The molecule has 1 fully saturated rings. The predicted octanol–water partition coefficient (Wildman–Crippen LogP) is 3.16. The van der Waals surface area contributed by atoms with Crippen LogP contribution in [-0.4, -0.2) is 18.9 Å². The lowest BCUT2D eigenvalue weighted by molar-refractivity contribution is -0.131. The molecule has 0 saturated carbocycles. The molecule has 1 saturated heterocycles. The molecule has 2 nitrogen and oxygen atoms in total. The lowest BCUT2D eigenvalue weighted by atomic mass is 9.71. The summed E-state index contributed by atoms with van der Waals surface area (Å²) in [4.78, 5) is 12.5. The second-order valence-corrected chi connectivity index (χ2v) is 5.19. The quantitative estimate of drug-likeness (QED) is 0.752. The van der Waals surface area contributed by atoms with Crippen molar-refractivity contribution in [3.05, 3.63) is 0 Å². The molecule has 1 aliphatic heterocycles. The van der Waals surface area contributed by atoms with Gasteiger partial charge in [0.2, 0.25) is 0 Å². The van der Waals surface area contributed by atoms with Crippen LogP contribution in [-0.2, 0) is 4.79 Å². The van der Waals surface area contributed by atoms with E-state index >= 15 is 0 Å². The van der Waals surface area contributed by atoms with Gasteiger partial charge in [-0.25, -0.2) is 0 Å². The van der Waals surface area contributed by atoms with E-state index in [4.69, 9.17) is 0 Å². The number of nitrogens with one attached hydrogen (secondary N) is 1. The zero-order valence-electron chi connectivity index (χ0n) is 11.1. The standard InChI is InChI=1S/C14H27NO/c1-4-12(5-2)11-13(16)14(6-3)7-9-15-10-8-14/h12,15H,4-11H2,1-3H3. The summed E-state index contributed by atoms with van der Waals surface area (Å²) in [7, 11) is 0. The van der Waals surface area contributed by atoms with Crippen molar-refractivity contribution in [2.45, 2.75) is 59.3 Å². The Morgan fingerprint density at radius 1 is 1.19 bits per heavy atom. The maximum absolute atomic E-state index is 12.5. The summed E-state index contributed by atoms with van der Waals surface area (Å²) < 4.78 is 0. The molecule has 1 N–H and O–H groups in total. The smallest absolute Gasteiger partial charge is 0.139 e. The maximum Gasteiger partial charge on any atom is 0.139 e. The van der Waals surface area contributed by atoms with E-state index in [1.165, 1.54) is 0 Å². The molecule has 0 unspecified atom stereocenters. The molecule has 0 atom stereocenters. The Labute approximate surface area is 100 Å². The molecule has 16 heavy (non-hydrogen) atoms. The van der Waals surface area contributed by atoms with E-state index < -0.39 is 0 Å². The maximum atomic E-state index is 12.5. The van der Waals surface area contributed by atoms with E-state index in [1.54, 1.807) is 0 Å². The largest absolute Gasteiger partial charge is 0.317 e. The molecule has 1 aliphatic rings. The second-order valence-electron chi connectivity index (χ2n) is 5.19. The van der Waals surface area contributed by atoms with Crippen LogP contribution in [0, 0.1) is 11.3 Å². The van der Waals surface area contributed by atoms with Crippen molar-refractivity contribution >= 4 is 5.78 Å². The fourth-order valence-electron chi connectivity index (χ4n) is 2.79. The number of carbonyl (C=O) groups is 1. The molecule has 0 aromatic heterocycles. The number of hydrogen-bond acceptors (Lipinski definition) is 2. The third-order valence-corrected chi connectivity index (χ3v) is 4.46. The van der Waals surface area contributed by atoms with E-state index in [1.807, 2.05) is 0 Å². The monoisotopic (exact) mass is 225 g/mol. The SMILES string of the molecule is CCC(CC)CC(=O)C1(CC)CCNCC1. The first-order valence-electron chi connectivity index (χ1n) is 6.92. The van der Waals surface area contributed by atoms with Crippen LogP contribution < -0.4 is 5.32 Å². The van der Waals surface area contributed by atoms with Crippen LogP contribution in [0.5, 0.6) is 0 Å². The van der Waals surface area contributed by atoms with Crippen LogP contribution in [0.3, 0.4) is 0 Å². The van der Waals surface area contributed by atoms with Gasteiger partial charge < -0.3 is 5.32 Å². The average Bonchev–Trinajstić information content (AvgIpc) is 2.36. The van der Waals surface area contributed by atoms with Gasteiger partial charge in [0.25, 0.3) is 0 Å². The lowest BCUT2D eigenvalue weighted by Crippen LogP contribution is -2.42. The minimum absolute atomic E-state index is 0.00778. The lowest BCUT2D eigenvalue weighted by Gasteiger charge is -2.36. The Morgan fingerprint density at radius 3 is 2.19 bits per heavy atom. The van der Waals surface area contributed by atoms with Crippen LogP contribution in [0.4, 0.5) is 0 Å². The van der Waals surface area contributed by atoms with Crippen molar-refractivity contribution in [1.82, 2.24) is 5.32 Å². The molecule has 1 heterocycles. The molecule has 2 heteroatoms. The van der Waals surface area contributed by atoms with Crippen LogP contribution in [0.15, 0.2) is 0 Å². The van der Waals surface area contributed by atoms with Crippen molar-refractivity contribution in [2.24, 2.45) is 11.3 Å². The molecule has 0 aromatic carbocycles. The Kier molecular flexibility index (Phi) is 5.47. The summed E-state index contributed by atoms with van der Waals surface area (Å²) in [6.45, 7) is 8.60. The normalized spacial score (nSPS) is 20.0. The molecule has 1 rings (SSSR count). The topological polar surface area (TPSA) is 29.1 Å². The zero-order valence-corrected chi connectivity index (χ0v) is 11.1. The molecule has 0 amide bonds. The van der Waals surface area contributed by atoms with E-state index in [9.17, 15) is 4.79 Å². The van der Waals surface area contributed by atoms with Crippen LogP contribution in [0.25, 0.3) is 0 Å². The van der Waals surface area contributed by atoms with Gasteiger partial charge in [0.05, 0.1) is 0 Å². The number of hydrogen-bond donors (Lipinski definition) is 1. The fraction of sp³-hybridized carbons (Fsp3) is 0.929. The predicted molar refractivity (Wildman–Crippen MR) is 68.5 cm³/mol.